The van der Waals surface area contributed by atoms with Crippen molar-refractivity contribution in [3.63, 3.8) is 0 Å². The van der Waals surface area contributed by atoms with E-state index in [0.29, 0.717) is 22.7 Å². The largest absolute Gasteiger partial charge is 0.497 e. The highest BCUT2D eigenvalue weighted by atomic mass is 19.3. The van der Waals surface area contributed by atoms with E-state index in [1.54, 1.807) is 52.0 Å². The van der Waals surface area contributed by atoms with Crippen LogP contribution >= 0.6 is 0 Å². The number of nitrogens with zero attached hydrogens (tertiary/aromatic N) is 10. The highest BCUT2D eigenvalue weighted by molar-refractivity contribution is 5.99. The standard InChI is InChI=1S/C44H46F4N12O6/c1-8-58-33(16-23(3)53-58)40(63)51-42-56(6)32-19-27(39(50)62)20-35(66-22-25-10-13-28(65-7)14-11-25)36(32)57(42)21-29(45)37(46)44(47,48)60-30-15-12-26(38(49)61)18-31(30)55(5)43(60)52-41(64)34-17-24(4)54-59(34)9-2/h10-20,29,37H,8-9,21-22H2,1-7H3,(H2,49,61)(H2,50,62). The number of carbonyl (C=O) groups is 4. The summed E-state index contributed by atoms with van der Waals surface area (Å²) in [6.07, 6.45) is -6.80. The molecule has 0 spiro atoms. The van der Waals surface area contributed by atoms with Gasteiger partial charge in [-0.2, -0.15) is 29.0 Å². The molecule has 0 fully saturated rings. The van der Waals surface area contributed by atoms with Crippen LogP contribution in [0.4, 0.5) is 17.6 Å². The summed E-state index contributed by atoms with van der Waals surface area (Å²) < 4.78 is 85.8. The number of alkyl halides is 4. The second-order valence-electron chi connectivity index (χ2n) is 15.4. The average Bonchev–Trinajstić information content (AvgIpc) is 4.02. The van der Waals surface area contributed by atoms with Gasteiger partial charge in [-0.15, -0.1) is 0 Å². The normalized spacial score (nSPS) is 13.4. The molecule has 7 aromatic rings. The van der Waals surface area contributed by atoms with Gasteiger partial charge in [-0.1, -0.05) is 12.1 Å². The van der Waals surface area contributed by atoms with Crippen molar-refractivity contribution in [2.75, 3.05) is 7.11 Å². The van der Waals surface area contributed by atoms with E-state index < -0.39 is 59.7 Å². The number of carbonyl (C=O) groups excluding carboxylic acids is 4. The fourth-order valence-electron chi connectivity index (χ4n) is 7.69. The van der Waals surface area contributed by atoms with Gasteiger partial charge in [-0.25, -0.2) is 13.3 Å². The molecule has 2 atom stereocenters. The van der Waals surface area contributed by atoms with Crippen molar-refractivity contribution < 1.29 is 46.2 Å². The molecule has 4 N–H and O–H groups in total. The monoisotopic (exact) mass is 914 g/mol. The highest BCUT2D eigenvalue weighted by Gasteiger charge is 2.50. The molecule has 4 heterocycles. The molecular formula is C44H46F4N12O6. The number of amides is 4. The van der Waals surface area contributed by atoms with Crippen LogP contribution in [0.3, 0.4) is 0 Å². The Bertz CT molecular complexity index is 3210. The van der Waals surface area contributed by atoms with Crippen molar-refractivity contribution in [3.8, 4) is 11.5 Å². The van der Waals surface area contributed by atoms with Crippen molar-refractivity contribution in [1.82, 2.24) is 37.8 Å². The van der Waals surface area contributed by atoms with Crippen LogP contribution in [0, 0.1) is 13.8 Å². The van der Waals surface area contributed by atoms with Gasteiger partial charge in [0.2, 0.25) is 29.2 Å². The minimum absolute atomic E-state index is 0.0436. The Balaban J connectivity index is 1.41. The van der Waals surface area contributed by atoms with E-state index in [1.807, 2.05) is 0 Å². The first-order valence-electron chi connectivity index (χ1n) is 20.5. The molecule has 4 aromatic heterocycles. The molecule has 0 saturated carbocycles. The quantitative estimate of drug-likeness (QED) is 0.139. The van der Waals surface area contributed by atoms with Crippen LogP contribution < -0.4 is 32.2 Å². The topological polar surface area (TPSA) is 219 Å². The lowest BCUT2D eigenvalue weighted by molar-refractivity contribution is -0.165. The van der Waals surface area contributed by atoms with Gasteiger partial charge in [0, 0.05) is 38.3 Å². The summed E-state index contributed by atoms with van der Waals surface area (Å²) in [4.78, 5) is 60.6. The molecule has 0 bridgehead atoms. The van der Waals surface area contributed by atoms with E-state index in [4.69, 9.17) is 20.9 Å². The second kappa shape index (κ2) is 18.0. The summed E-state index contributed by atoms with van der Waals surface area (Å²) in [5.74, 6) is -3.22. The molecule has 0 saturated heterocycles. The zero-order valence-corrected chi connectivity index (χ0v) is 36.9. The van der Waals surface area contributed by atoms with Crippen molar-refractivity contribution in [2.24, 2.45) is 35.5 Å². The molecule has 3 aromatic carbocycles. The third-order valence-corrected chi connectivity index (χ3v) is 11.0. The summed E-state index contributed by atoms with van der Waals surface area (Å²) in [6.45, 7) is 5.86. The van der Waals surface area contributed by atoms with E-state index in [9.17, 15) is 19.2 Å². The SMILES string of the molecule is CCn1nc(C)cc1C(=O)N=c1n(C)c2cc(C(N)=O)cc(OCc3ccc(OC)cc3)c2n1CC(F)C(F)C(F)(F)n1c(=NC(=O)c2cc(C)nn2CC)n(C)c2cc(C(N)=O)ccc21. The maximum atomic E-state index is 17.2. The number of hydrogen-bond donors (Lipinski definition) is 2. The van der Waals surface area contributed by atoms with E-state index in [1.165, 1.54) is 59.4 Å². The Kier molecular flexibility index (Phi) is 12.6. The van der Waals surface area contributed by atoms with Gasteiger partial charge >= 0.3 is 6.05 Å². The molecule has 0 aliphatic rings. The molecule has 7 rings (SSSR count). The summed E-state index contributed by atoms with van der Waals surface area (Å²) >= 11 is 0. The van der Waals surface area contributed by atoms with Gasteiger partial charge < -0.3 is 34.6 Å². The first-order chi connectivity index (χ1) is 31.3. The Morgan fingerprint density at radius 3 is 1.83 bits per heavy atom. The number of fused-ring (bicyclic) bond motifs is 2. The van der Waals surface area contributed by atoms with E-state index >= 15 is 17.6 Å². The zero-order chi connectivity index (χ0) is 47.9. The van der Waals surface area contributed by atoms with Crippen molar-refractivity contribution in [2.45, 2.75) is 72.3 Å². The van der Waals surface area contributed by atoms with Crippen LogP contribution in [0.25, 0.3) is 22.1 Å². The van der Waals surface area contributed by atoms with E-state index in [0.717, 1.165) is 27.3 Å². The molecule has 18 nitrogen and oxygen atoms in total. The summed E-state index contributed by atoms with van der Waals surface area (Å²) in [7, 11) is 4.17. The van der Waals surface area contributed by atoms with Crippen molar-refractivity contribution >= 4 is 45.7 Å². The number of nitrogens with two attached hydrogens (primary N) is 2. The number of aryl methyl sites for hydroxylation is 6. The minimum atomic E-state index is -4.82. The first kappa shape index (κ1) is 46.2. The molecule has 66 heavy (non-hydrogen) atoms. The lowest BCUT2D eigenvalue weighted by Gasteiger charge is -2.25. The van der Waals surface area contributed by atoms with Gasteiger partial charge in [0.1, 0.15) is 35.0 Å². The Morgan fingerprint density at radius 2 is 1.29 bits per heavy atom. The molecule has 4 amide bonds. The summed E-state index contributed by atoms with van der Waals surface area (Å²) in [6, 6.07) is 10.7. The maximum Gasteiger partial charge on any atom is 0.366 e. The van der Waals surface area contributed by atoms with Crippen LogP contribution in [-0.2, 0) is 46.4 Å². The second-order valence-corrected chi connectivity index (χ2v) is 15.4. The van der Waals surface area contributed by atoms with E-state index in [-0.39, 0.29) is 74.7 Å². The van der Waals surface area contributed by atoms with Gasteiger partial charge in [0.15, 0.2) is 6.17 Å². The molecular weight excluding hydrogens is 869 g/mol. The van der Waals surface area contributed by atoms with Crippen LogP contribution in [0.1, 0.15) is 72.5 Å². The number of hydrogen-bond acceptors (Lipinski definition) is 8. The third-order valence-electron chi connectivity index (χ3n) is 11.0. The minimum Gasteiger partial charge on any atom is -0.497 e. The molecule has 22 heteroatoms. The maximum absolute atomic E-state index is 17.2. The average molecular weight is 915 g/mol. The fraction of sp³-hybridized carbons (Fsp3) is 0.318. The molecule has 2 unspecified atom stereocenters. The number of imidazole rings is 2. The molecule has 0 aliphatic heterocycles. The number of halogens is 4. The van der Waals surface area contributed by atoms with Gasteiger partial charge in [0.25, 0.3) is 11.8 Å². The van der Waals surface area contributed by atoms with Crippen molar-refractivity contribution in [1.29, 1.82) is 0 Å². The highest BCUT2D eigenvalue weighted by Crippen LogP contribution is 2.35. The third kappa shape index (κ3) is 8.48. The Labute approximate surface area is 373 Å². The number of benzene rings is 3. The zero-order valence-electron chi connectivity index (χ0n) is 36.9. The number of methoxy groups -OCH3 is 1. The van der Waals surface area contributed by atoms with Crippen molar-refractivity contribution in [3.05, 3.63) is 117 Å². The first-order valence-corrected chi connectivity index (χ1v) is 20.5. The van der Waals surface area contributed by atoms with E-state index in [2.05, 4.69) is 20.2 Å². The molecule has 346 valence electrons. The number of primary amides is 2. The smallest absolute Gasteiger partial charge is 0.366 e. The predicted octanol–water partition coefficient (Wildman–Crippen LogP) is 4.52. The fourth-order valence-corrected chi connectivity index (χ4v) is 7.69. The van der Waals surface area contributed by atoms with Crippen LogP contribution in [0.15, 0.2) is 76.7 Å². The lowest BCUT2D eigenvalue weighted by atomic mass is 10.1. The number of aromatic nitrogens is 8. The van der Waals surface area contributed by atoms with Crippen LogP contribution in [0.2, 0.25) is 0 Å². The van der Waals surface area contributed by atoms with Crippen LogP contribution in [-0.4, -0.2) is 80.9 Å². The lowest BCUT2D eigenvalue weighted by Crippen LogP contribution is -2.47. The number of ether oxygens (including phenoxy) is 2. The van der Waals surface area contributed by atoms with Gasteiger partial charge in [0.05, 0.1) is 41.6 Å². The Hall–Kier alpha value is -7.78. The number of rotatable bonds is 15. The van der Waals surface area contributed by atoms with Gasteiger partial charge in [-0.3, -0.25) is 28.5 Å². The molecule has 0 aliphatic carbocycles. The summed E-state index contributed by atoms with van der Waals surface area (Å²) in [5.41, 5.74) is 10.9. The van der Waals surface area contributed by atoms with Crippen LogP contribution in [0.5, 0.6) is 11.5 Å². The molecule has 0 radical (unpaired) electrons. The van der Waals surface area contributed by atoms with Gasteiger partial charge in [-0.05, 0) is 87.9 Å². The Morgan fingerprint density at radius 1 is 0.742 bits per heavy atom. The summed E-state index contributed by atoms with van der Waals surface area (Å²) in [5, 5.41) is 8.51. The predicted molar refractivity (Wildman–Crippen MR) is 231 cm³/mol.